The monoisotopic (exact) mass is 430 g/mol. The first-order chi connectivity index (χ1) is 14.6. The summed E-state index contributed by atoms with van der Waals surface area (Å²) in [6.07, 6.45) is 17.0. The molecular formula is C24H46O6. The summed E-state index contributed by atoms with van der Waals surface area (Å²) < 4.78 is 10.5. The van der Waals surface area contributed by atoms with Crippen LogP contribution in [0.3, 0.4) is 0 Å². The standard InChI is InChI=1S/C24H46O6/c1-2-3-4-11-14-23(26)15-12-9-7-5-6-8-10-13-22(24(27)28)16-18-29-20-21-30-19-17-25/h9,12,22-23,25-26H,2-8,10-11,13-21H2,1H3,(H,27,28)/b12-9-/t22?,23-/m1/s1. The molecule has 0 amide bonds. The predicted molar refractivity (Wildman–Crippen MR) is 121 cm³/mol. The third kappa shape index (κ3) is 20.3. The number of aliphatic hydroxyl groups is 2. The van der Waals surface area contributed by atoms with E-state index < -0.39 is 5.97 Å². The lowest BCUT2D eigenvalue weighted by Gasteiger charge is -2.12. The molecule has 0 heterocycles. The van der Waals surface area contributed by atoms with Gasteiger partial charge >= 0.3 is 5.97 Å². The van der Waals surface area contributed by atoms with E-state index in [2.05, 4.69) is 19.1 Å². The molecule has 0 aromatic carbocycles. The first kappa shape index (κ1) is 29.1. The first-order valence-corrected chi connectivity index (χ1v) is 11.9. The number of carbonyl (C=O) groups is 1. The van der Waals surface area contributed by atoms with Gasteiger partial charge in [-0.25, -0.2) is 0 Å². The van der Waals surface area contributed by atoms with Crippen LogP contribution in [0.5, 0.6) is 0 Å². The maximum atomic E-state index is 11.4. The van der Waals surface area contributed by atoms with Crippen molar-refractivity contribution in [3.8, 4) is 0 Å². The normalized spacial score (nSPS) is 13.7. The molecule has 0 aliphatic heterocycles. The lowest BCUT2D eigenvalue weighted by molar-refractivity contribution is -0.142. The number of carboxylic acid groups (broad SMARTS) is 1. The van der Waals surface area contributed by atoms with Crippen LogP contribution in [-0.2, 0) is 14.3 Å². The molecule has 2 atom stereocenters. The molecule has 0 spiro atoms. The smallest absolute Gasteiger partial charge is 0.306 e. The highest BCUT2D eigenvalue weighted by atomic mass is 16.5. The molecule has 3 N–H and O–H groups in total. The van der Waals surface area contributed by atoms with E-state index in [0.29, 0.717) is 39.3 Å². The Morgan fingerprint density at radius 2 is 1.50 bits per heavy atom. The van der Waals surface area contributed by atoms with Crippen LogP contribution in [0, 0.1) is 5.92 Å². The minimum Gasteiger partial charge on any atom is -0.481 e. The van der Waals surface area contributed by atoms with Gasteiger partial charge in [-0.2, -0.15) is 0 Å². The van der Waals surface area contributed by atoms with Crippen molar-refractivity contribution in [3.05, 3.63) is 12.2 Å². The Kier molecular flexibility index (Phi) is 22.0. The van der Waals surface area contributed by atoms with Crippen molar-refractivity contribution in [1.29, 1.82) is 0 Å². The Morgan fingerprint density at radius 1 is 0.833 bits per heavy atom. The third-order valence-electron chi connectivity index (χ3n) is 5.21. The summed E-state index contributed by atoms with van der Waals surface area (Å²) >= 11 is 0. The van der Waals surface area contributed by atoms with E-state index in [1.54, 1.807) is 0 Å². The molecule has 0 bridgehead atoms. The molecule has 0 aromatic rings. The van der Waals surface area contributed by atoms with Gasteiger partial charge in [0, 0.05) is 6.61 Å². The molecule has 0 aromatic heterocycles. The molecule has 0 saturated carbocycles. The third-order valence-corrected chi connectivity index (χ3v) is 5.21. The number of ether oxygens (including phenoxy) is 2. The van der Waals surface area contributed by atoms with E-state index in [9.17, 15) is 15.0 Å². The van der Waals surface area contributed by atoms with Gasteiger partial charge < -0.3 is 24.8 Å². The largest absolute Gasteiger partial charge is 0.481 e. The zero-order valence-electron chi connectivity index (χ0n) is 19.1. The summed E-state index contributed by atoms with van der Waals surface area (Å²) in [4.78, 5) is 11.4. The van der Waals surface area contributed by atoms with Crippen molar-refractivity contribution in [1.82, 2.24) is 0 Å². The Bertz CT molecular complexity index is 399. The maximum Gasteiger partial charge on any atom is 0.306 e. The molecule has 0 radical (unpaired) electrons. The lowest BCUT2D eigenvalue weighted by Crippen LogP contribution is -2.17. The predicted octanol–water partition coefficient (Wildman–Crippen LogP) is 4.72. The van der Waals surface area contributed by atoms with Crippen LogP contribution in [0.2, 0.25) is 0 Å². The fraction of sp³-hybridized carbons (Fsp3) is 0.875. The second kappa shape index (κ2) is 22.7. The molecule has 0 saturated heterocycles. The molecular weight excluding hydrogens is 384 g/mol. The summed E-state index contributed by atoms with van der Waals surface area (Å²) in [7, 11) is 0. The first-order valence-electron chi connectivity index (χ1n) is 11.9. The van der Waals surface area contributed by atoms with Crippen molar-refractivity contribution < 1.29 is 29.6 Å². The minimum absolute atomic E-state index is 0.000303. The Labute approximate surface area is 183 Å². The Morgan fingerprint density at radius 3 is 2.20 bits per heavy atom. The molecule has 30 heavy (non-hydrogen) atoms. The number of unbranched alkanes of at least 4 members (excludes halogenated alkanes) is 7. The highest BCUT2D eigenvalue weighted by Gasteiger charge is 2.16. The lowest BCUT2D eigenvalue weighted by atomic mass is 9.97. The molecule has 6 heteroatoms. The average molecular weight is 431 g/mol. The van der Waals surface area contributed by atoms with Gasteiger partial charge in [-0.15, -0.1) is 0 Å². The molecule has 0 aliphatic carbocycles. The fourth-order valence-corrected chi connectivity index (χ4v) is 3.31. The number of aliphatic hydroxyl groups excluding tert-OH is 2. The maximum absolute atomic E-state index is 11.4. The van der Waals surface area contributed by atoms with Gasteiger partial charge in [-0.05, 0) is 38.5 Å². The summed E-state index contributed by atoms with van der Waals surface area (Å²) in [6, 6.07) is 0. The highest BCUT2D eigenvalue weighted by molar-refractivity contribution is 5.69. The van der Waals surface area contributed by atoms with Gasteiger partial charge in [-0.3, -0.25) is 4.79 Å². The van der Waals surface area contributed by atoms with Crippen LogP contribution >= 0.6 is 0 Å². The average Bonchev–Trinajstić information content (AvgIpc) is 2.73. The number of allylic oxidation sites excluding steroid dienone is 1. The van der Waals surface area contributed by atoms with Gasteiger partial charge in [0.1, 0.15) is 0 Å². The van der Waals surface area contributed by atoms with Gasteiger partial charge in [0.05, 0.1) is 38.4 Å². The van der Waals surface area contributed by atoms with Crippen molar-refractivity contribution in [2.45, 2.75) is 96.5 Å². The number of hydrogen-bond acceptors (Lipinski definition) is 5. The minimum atomic E-state index is -0.744. The number of rotatable bonds is 23. The summed E-state index contributed by atoms with van der Waals surface area (Å²) in [6.45, 7) is 3.77. The number of aliphatic carboxylic acids is 1. The fourth-order valence-electron chi connectivity index (χ4n) is 3.31. The number of carboxylic acids is 1. The summed E-state index contributed by atoms with van der Waals surface area (Å²) in [5.41, 5.74) is 0. The molecule has 6 nitrogen and oxygen atoms in total. The molecule has 0 rings (SSSR count). The highest BCUT2D eigenvalue weighted by Crippen LogP contribution is 2.16. The number of hydrogen-bond donors (Lipinski definition) is 3. The second-order valence-electron chi connectivity index (χ2n) is 7.97. The van der Waals surface area contributed by atoms with E-state index >= 15 is 0 Å². The van der Waals surface area contributed by atoms with E-state index in [-0.39, 0.29) is 18.6 Å². The zero-order chi connectivity index (χ0) is 22.3. The van der Waals surface area contributed by atoms with Gasteiger partial charge in [0.15, 0.2) is 0 Å². The van der Waals surface area contributed by atoms with E-state index in [0.717, 1.165) is 51.4 Å². The van der Waals surface area contributed by atoms with Crippen molar-refractivity contribution in [3.63, 3.8) is 0 Å². The van der Waals surface area contributed by atoms with Gasteiger partial charge in [-0.1, -0.05) is 64.0 Å². The SMILES string of the molecule is CCCCCC[C@@H](O)C/C=C\CCCCCCC(CCOCCOCCO)C(=O)O. The van der Waals surface area contributed by atoms with Crippen LogP contribution < -0.4 is 0 Å². The molecule has 0 aliphatic rings. The van der Waals surface area contributed by atoms with Crippen molar-refractivity contribution in [2.24, 2.45) is 5.92 Å². The molecule has 1 unspecified atom stereocenters. The zero-order valence-corrected chi connectivity index (χ0v) is 19.1. The van der Waals surface area contributed by atoms with E-state index in [4.69, 9.17) is 14.6 Å². The Hall–Kier alpha value is -0.950. The van der Waals surface area contributed by atoms with E-state index in [1.807, 2.05) is 0 Å². The van der Waals surface area contributed by atoms with Gasteiger partial charge in [0.2, 0.25) is 0 Å². The topological polar surface area (TPSA) is 96.2 Å². The second-order valence-corrected chi connectivity index (χ2v) is 7.97. The van der Waals surface area contributed by atoms with Crippen LogP contribution in [0.1, 0.15) is 90.4 Å². The summed E-state index contributed by atoms with van der Waals surface area (Å²) in [5, 5.41) is 27.8. The van der Waals surface area contributed by atoms with Crippen molar-refractivity contribution in [2.75, 3.05) is 33.0 Å². The van der Waals surface area contributed by atoms with E-state index in [1.165, 1.54) is 19.3 Å². The molecule has 0 fully saturated rings. The molecule has 178 valence electrons. The van der Waals surface area contributed by atoms with Crippen molar-refractivity contribution >= 4 is 5.97 Å². The van der Waals surface area contributed by atoms with Crippen LogP contribution in [-0.4, -0.2) is 60.4 Å². The van der Waals surface area contributed by atoms with Gasteiger partial charge in [0.25, 0.3) is 0 Å². The van der Waals surface area contributed by atoms with Crippen LogP contribution in [0.15, 0.2) is 12.2 Å². The quantitative estimate of drug-likeness (QED) is 0.160. The van der Waals surface area contributed by atoms with Crippen LogP contribution in [0.4, 0.5) is 0 Å². The van der Waals surface area contributed by atoms with Crippen LogP contribution in [0.25, 0.3) is 0 Å². The Balaban J connectivity index is 3.58. The summed E-state index contributed by atoms with van der Waals surface area (Å²) in [5.74, 6) is -1.09.